The van der Waals surface area contributed by atoms with Crippen molar-refractivity contribution in [1.82, 2.24) is 4.90 Å². The number of piperidine rings is 1. The third kappa shape index (κ3) is 3.99. The fraction of sp³-hybridized carbons (Fsp3) is 0.588. The van der Waals surface area contributed by atoms with Crippen molar-refractivity contribution in [1.29, 1.82) is 0 Å². The SMILES string of the molecule is CCOc1ccc(CC(=O)N2CCC(C)(C)CC2)cc1. The van der Waals surface area contributed by atoms with Gasteiger partial charge < -0.3 is 9.64 Å². The molecular formula is C17H25NO2. The zero-order valence-corrected chi connectivity index (χ0v) is 12.8. The monoisotopic (exact) mass is 275 g/mol. The second-order valence-corrected chi connectivity index (χ2v) is 6.30. The van der Waals surface area contributed by atoms with Gasteiger partial charge in [0.25, 0.3) is 0 Å². The molecule has 3 heteroatoms. The van der Waals surface area contributed by atoms with Crippen LogP contribution in [0.25, 0.3) is 0 Å². The third-order valence-electron chi connectivity index (χ3n) is 4.06. The maximum absolute atomic E-state index is 12.3. The van der Waals surface area contributed by atoms with Gasteiger partial charge in [0, 0.05) is 13.1 Å². The summed E-state index contributed by atoms with van der Waals surface area (Å²) in [6.07, 6.45) is 2.69. The molecule has 20 heavy (non-hydrogen) atoms. The molecule has 3 nitrogen and oxygen atoms in total. The van der Waals surface area contributed by atoms with Crippen LogP contribution in [0.3, 0.4) is 0 Å². The summed E-state index contributed by atoms with van der Waals surface area (Å²) in [5.41, 5.74) is 1.44. The summed E-state index contributed by atoms with van der Waals surface area (Å²) in [5, 5.41) is 0. The predicted molar refractivity (Wildman–Crippen MR) is 80.9 cm³/mol. The first-order valence-electron chi connectivity index (χ1n) is 7.50. The molecule has 0 saturated carbocycles. The van der Waals surface area contributed by atoms with E-state index in [1.54, 1.807) is 0 Å². The van der Waals surface area contributed by atoms with Crippen LogP contribution in [0.5, 0.6) is 5.75 Å². The van der Waals surface area contributed by atoms with Crippen LogP contribution in [-0.2, 0) is 11.2 Å². The zero-order valence-electron chi connectivity index (χ0n) is 12.8. The number of carbonyl (C=O) groups is 1. The molecule has 1 aromatic carbocycles. The highest BCUT2D eigenvalue weighted by atomic mass is 16.5. The van der Waals surface area contributed by atoms with Crippen molar-refractivity contribution in [3.05, 3.63) is 29.8 Å². The summed E-state index contributed by atoms with van der Waals surface area (Å²) in [5.74, 6) is 1.10. The van der Waals surface area contributed by atoms with Crippen LogP contribution < -0.4 is 4.74 Å². The van der Waals surface area contributed by atoms with Crippen LogP contribution in [0, 0.1) is 5.41 Å². The van der Waals surface area contributed by atoms with E-state index in [2.05, 4.69) is 13.8 Å². The van der Waals surface area contributed by atoms with Crippen LogP contribution in [0.1, 0.15) is 39.2 Å². The summed E-state index contributed by atoms with van der Waals surface area (Å²) >= 11 is 0. The van der Waals surface area contributed by atoms with Crippen molar-refractivity contribution in [2.45, 2.75) is 40.0 Å². The van der Waals surface area contributed by atoms with Crippen molar-refractivity contribution in [3.63, 3.8) is 0 Å². The maximum Gasteiger partial charge on any atom is 0.226 e. The van der Waals surface area contributed by atoms with Crippen LogP contribution >= 0.6 is 0 Å². The fourth-order valence-electron chi connectivity index (χ4n) is 2.52. The fourth-order valence-corrected chi connectivity index (χ4v) is 2.52. The molecule has 0 bridgehead atoms. The lowest BCUT2D eigenvalue weighted by atomic mass is 9.82. The van der Waals surface area contributed by atoms with Crippen LogP contribution in [0.15, 0.2) is 24.3 Å². The Morgan fingerprint density at radius 3 is 2.35 bits per heavy atom. The van der Waals surface area contributed by atoms with Crippen molar-refractivity contribution in [2.75, 3.05) is 19.7 Å². The molecule has 0 atom stereocenters. The van der Waals surface area contributed by atoms with E-state index in [1.807, 2.05) is 36.1 Å². The highest BCUT2D eigenvalue weighted by molar-refractivity contribution is 5.78. The zero-order chi connectivity index (χ0) is 14.6. The van der Waals surface area contributed by atoms with E-state index in [1.165, 1.54) is 0 Å². The number of rotatable bonds is 4. The molecule has 0 unspecified atom stereocenters. The Bertz CT molecular complexity index is 441. The highest BCUT2D eigenvalue weighted by Gasteiger charge is 2.27. The summed E-state index contributed by atoms with van der Waals surface area (Å²) < 4.78 is 5.41. The third-order valence-corrected chi connectivity index (χ3v) is 4.06. The molecule has 1 fully saturated rings. The second kappa shape index (κ2) is 6.29. The van der Waals surface area contributed by atoms with Gasteiger partial charge in [-0.25, -0.2) is 0 Å². The molecule has 0 spiro atoms. The molecule has 2 rings (SSSR count). The minimum absolute atomic E-state index is 0.240. The summed E-state index contributed by atoms with van der Waals surface area (Å²) in [4.78, 5) is 14.3. The lowest BCUT2D eigenvalue weighted by Gasteiger charge is -2.37. The van der Waals surface area contributed by atoms with Crippen molar-refractivity contribution >= 4 is 5.91 Å². The minimum atomic E-state index is 0.240. The van der Waals surface area contributed by atoms with Gasteiger partial charge in [-0.3, -0.25) is 4.79 Å². The van der Waals surface area contributed by atoms with E-state index >= 15 is 0 Å². The lowest BCUT2D eigenvalue weighted by Crippen LogP contribution is -2.41. The summed E-state index contributed by atoms with van der Waals surface area (Å²) in [6, 6.07) is 7.84. The van der Waals surface area contributed by atoms with Crippen molar-refractivity contribution < 1.29 is 9.53 Å². The first-order chi connectivity index (χ1) is 9.50. The Morgan fingerprint density at radius 1 is 1.20 bits per heavy atom. The van der Waals surface area contributed by atoms with E-state index in [9.17, 15) is 4.79 Å². The Balaban J connectivity index is 1.88. The molecule has 1 saturated heterocycles. The van der Waals surface area contributed by atoms with E-state index in [0.717, 1.165) is 37.2 Å². The Hall–Kier alpha value is -1.51. The van der Waals surface area contributed by atoms with Gasteiger partial charge in [0.15, 0.2) is 0 Å². The van der Waals surface area contributed by atoms with Gasteiger partial charge >= 0.3 is 0 Å². The maximum atomic E-state index is 12.3. The largest absolute Gasteiger partial charge is 0.494 e. The minimum Gasteiger partial charge on any atom is -0.494 e. The molecule has 0 radical (unpaired) electrons. The molecular weight excluding hydrogens is 250 g/mol. The first kappa shape index (κ1) is 14.9. The number of hydrogen-bond acceptors (Lipinski definition) is 2. The number of hydrogen-bond donors (Lipinski definition) is 0. The topological polar surface area (TPSA) is 29.5 Å². The van der Waals surface area contributed by atoms with Gasteiger partial charge in [0.1, 0.15) is 5.75 Å². The van der Waals surface area contributed by atoms with Gasteiger partial charge in [0.05, 0.1) is 13.0 Å². The highest BCUT2D eigenvalue weighted by Crippen LogP contribution is 2.29. The van der Waals surface area contributed by atoms with Gasteiger partial charge in [-0.05, 0) is 42.9 Å². The smallest absolute Gasteiger partial charge is 0.226 e. The van der Waals surface area contributed by atoms with Crippen molar-refractivity contribution in [3.8, 4) is 5.75 Å². The van der Waals surface area contributed by atoms with Crippen LogP contribution in [-0.4, -0.2) is 30.5 Å². The Morgan fingerprint density at radius 2 is 1.80 bits per heavy atom. The normalized spacial score (nSPS) is 17.9. The van der Waals surface area contributed by atoms with E-state index < -0.39 is 0 Å². The molecule has 1 heterocycles. The van der Waals surface area contributed by atoms with Gasteiger partial charge in [0.2, 0.25) is 5.91 Å². The number of amides is 1. The van der Waals surface area contributed by atoms with Gasteiger partial charge in [-0.1, -0.05) is 26.0 Å². The number of likely N-dealkylation sites (tertiary alicyclic amines) is 1. The molecule has 1 amide bonds. The number of benzene rings is 1. The number of ether oxygens (including phenoxy) is 1. The van der Waals surface area contributed by atoms with E-state index in [0.29, 0.717) is 18.4 Å². The summed E-state index contributed by atoms with van der Waals surface area (Å²) in [7, 11) is 0. The average molecular weight is 275 g/mol. The average Bonchev–Trinajstić information content (AvgIpc) is 2.41. The van der Waals surface area contributed by atoms with Crippen molar-refractivity contribution in [2.24, 2.45) is 5.41 Å². The molecule has 0 aliphatic carbocycles. The first-order valence-corrected chi connectivity index (χ1v) is 7.50. The van der Waals surface area contributed by atoms with Gasteiger partial charge in [-0.15, -0.1) is 0 Å². The Labute approximate surface area is 121 Å². The van der Waals surface area contributed by atoms with Crippen LogP contribution in [0.4, 0.5) is 0 Å². The van der Waals surface area contributed by atoms with Crippen LogP contribution in [0.2, 0.25) is 0 Å². The molecule has 110 valence electrons. The predicted octanol–water partition coefficient (Wildman–Crippen LogP) is 3.28. The quantitative estimate of drug-likeness (QED) is 0.844. The molecule has 1 aliphatic rings. The second-order valence-electron chi connectivity index (χ2n) is 6.30. The molecule has 0 N–H and O–H groups in total. The Kier molecular flexibility index (Phi) is 4.69. The number of nitrogens with zero attached hydrogens (tertiary/aromatic N) is 1. The number of carbonyl (C=O) groups excluding carboxylic acids is 1. The lowest BCUT2D eigenvalue weighted by molar-refractivity contribution is -0.132. The van der Waals surface area contributed by atoms with E-state index in [4.69, 9.17) is 4.74 Å². The standard InChI is InChI=1S/C17H25NO2/c1-4-20-15-7-5-14(6-8-15)13-16(19)18-11-9-17(2,3)10-12-18/h5-8H,4,9-13H2,1-3H3. The summed E-state index contributed by atoms with van der Waals surface area (Å²) in [6.45, 7) is 8.98. The molecule has 0 aromatic heterocycles. The molecule has 1 aromatic rings. The van der Waals surface area contributed by atoms with Gasteiger partial charge in [-0.2, -0.15) is 0 Å². The molecule has 1 aliphatic heterocycles. The van der Waals surface area contributed by atoms with E-state index in [-0.39, 0.29) is 5.91 Å².